The fraction of sp³-hybridized carbons (Fsp3) is 0.442. The Labute approximate surface area is 381 Å². The van der Waals surface area contributed by atoms with Crippen LogP contribution in [0.15, 0.2) is 91.3 Å². The first-order valence-corrected chi connectivity index (χ1v) is 23.4. The van der Waals surface area contributed by atoms with Gasteiger partial charge >= 0.3 is 5.97 Å². The minimum absolute atomic E-state index is 0.0933. The molecule has 3 aliphatic carbocycles. The zero-order chi connectivity index (χ0) is 44.4. The number of para-hydroxylation sites is 1. The van der Waals surface area contributed by atoms with E-state index in [1.807, 2.05) is 60.8 Å². The van der Waals surface area contributed by atoms with E-state index in [0.29, 0.717) is 67.0 Å². The van der Waals surface area contributed by atoms with Crippen molar-refractivity contribution in [1.29, 1.82) is 0 Å². The molecule has 4 atom stereocenters. The molecule has 4 aliphatic rings. The molecule has 1 aliphatic heterocycles. The van der Waals surface area contributed by atoms with E-state index in [1.165, 1.54) is 16.7 Å². The van der Waals surface area contributed by atoms with Crippen molar-refractivity contribution in [2.24, 2.45) is 17.8 Å². The van der Waals surface area contributed by atoms with Gasteiger partial charge in [0.25, 0.3) is 5.91 Å². The van der Waals surface area contributed by atoms with E-state index in [4.69, 9.17) is 26.1 Å². The Balaban J connectivity index is 0.907. The molecular weight excluding hydrogens is 824 g/mol. The highest BCUT2D eigenvalue weighted by molar-refractivity contribution is 6.30. The van der Waals surface area contributed by atoms with E-state index >= 15 is 0 Å². The van der Waals surface area contributed by atoms with Gasteiger partial charge in [-0.2, -0.15) is 0 Å². The molecule has 64 heavy (non-hydrogen) atoms. The highest BCUT2D eigenvalue weighted by Gasteiger charge is 2.54. The molecule has 9 rings (SSSR count). The summed E-state index contributed by atoms with van der Waals surface area (Å²) in [7, 11) is 1.66. The second-order valence-corrected chi connectivity index (χ2v) is 19.3. The average Bonchev–Trinajstić information content (AvgIpc) is 3.90. The quantitative estimate of drug-likeness (QED) is 0.0988. The summed E-state index contributed by atoms with van der Waals surface area (Å²) in [6.45, 7) is 7.21. The van der Waals surface area contributed by atoms with Crippen LogP contribution in [-0.4, -0.2) is 70.8 Å². The molecule has 1 amide bonds. The normalized spacial score (nSPS) is 24.1. The van der Waals surface area contributed by atoms with Gasteiger partial charge in [0.05, 0.1) is 19.4 Å². The molecule has 1 saturated heterocycles. The van der Waals surface area contributed by atoms with Gasteiger partial charge in [-0.15, -0.1) is 0 Å². The number of pyridine rings is 1. The predicted octanol–water partition coefficient (Wildman–Crippen LogP) is 9.92. The maximum absolute atomic E-state index is 14.0. The molecule has 0 bridgehead atoms. The number of fused-ring (bicyclic) bond motifs is 3. The Hall–Kier alpha value is -5.68. The van der Waals surface area contributed by atoms with E-state index in [2.05, 4.69) is 51.5 Å². The minimum Gasteiger partial charge on any atom is -0.496 e. The number of carboxylic acid groups (broad SMARTS) is 1. The van der Waals surface area contributed by atoms with Gasteiger partial charge in [0.2, 0.25) is 5.95 Å². The molecule has 2 aromatic heterocycles. The van der Waals surface area contributed by atoms with Gasteiger partial charge in [0.1, 0.15) is 17.0 Å². The van der Waals surface area contributed by atoms with Crippen LogP contribution in [0.25, 0.3) is 11.3 Å². The number of carboxylic acids is 1. The van der Waals surface area contributed by atoms with Gasteiger partial charge in [-0.25, -0.2) is 14.8 Å². The molecule has 11 nitrogen and oxygen atoms in total. The highest BCUT2D eigenvalue weighted by Crippen LogP contribution is 2.56. The Kier molecular flexibility index (Phi) is 12.5. The number of nitrogens with zero attached hydrogens (tertiary/aromatic N) is 4. The van der Waals surface area contributed by atoms with Gasteiger partial charge in [-0.1, -0.05) is 49.7 Å². The topological polar surface area (TPSA) is 139 Å². The third kappa shape index (κ3) is 8.75. The van der Waals surface area contributed by atoms with Crippen molar-refractivity contribution in [3.63, 3.8) is 0 Å². The second-order valence-electron chi connectivity index (χ2n) is 18.8. The minimum atomic E-state index is -1.14. The third-order valence-corrected chi connectivity index (χ3v) is 14.9. The number of rotatable bonds is 14. The van der Waals surface area contributed by atoms with Crippen molar-refractivity contribution >= 4 is 35.1 Å². The van der Waals surface area contributed by atoms with Crippen LogP contribution < -0.4 is 25.0 Å². The molecular formula is C52H59ClN6O5. The number of aromatic nitrogens is 3. The summed E-state index contributed by atoms with van der Waals surface area (Å²) >= 11 is 6.34. The lowest BCUT2D eigenvalue weighted by Gasteiger charge is -2.47. The van der Waals surface area contributed by atoms with Crippen molar-refractivity contribution in [3.05, 3.63) is 124 Å². The molecule has 12 heteroatoms. The lowest BCUT2D eigenvalue weighted by atomic mass is 9.59. The first-order chi connectivity index (χ1) is 31.0. The number of hydrogen-bond donors (Lipinski definition) is 3. The molecule has 2 fully saturated rings. The zero-order valence-electron chi connectivity index (χ0n) is 37.1. The van der Waals surface area contributed by atoms with E-state index in [1.54, 1.807) is 25.4 Å². The lowest BCUT2D eigenvalue weighted by Crippen LogP contribution is -2.53. The summed E-state index contributed by atoms with van der Waals surface area (Å²) in [6, 6.07) is 25.3. The Morgan fingerprint density at radius 3 is 2.61 bits per heavy atom. The molecule has 3 aromatic carbocycles. The third-order valence-electron chi connectivity index (χ3n) is 14.7. The van der Waals surface area contributed by atoms with E-state index in [0.717, 1.165) is 80.1 Å². The van der Waals surface area contributed by atoms with Crippen LogP contribution >= 0.6 is 11.6 Å². The van der Waals surface area contributed by atoms with Crippen molar-refractivity contribution < 1.29 is 24.2 Å². The molecule has 1 unspecified atom stereocenters. The molecule has 3 N–H and O–H groups in total. The van der Waals surface area contributed by atoms with Crippen LogP contribution in [0.2, 0.25) is 5.02 Å². The van der Waals surface area contributed by atoms with E-state index < -0.39 is 11.5 Å². The fourth-order valence-corrected chi connectivity index (χ4v) is 11.5. The summed E-state index contributed by atoms with van der Waals surface area (Å²) in [5.74, 6) is 2.61. The number of amides is 1. The number of methoxy groups -OCH3 is 1. The number of benzene rings is 3. The van der Waals surface area contributed by atoms with Gasteiger partial charge in [0, 0.05) is 65.1 Å². The number of anilines is 2. The summed E-state index contributed by atoms with van der Waals surface area (Å²) in [6.07, 6.45) is 11.9. The van der Waals surface area contributed by atoms with Crippen molar-refractivity contribution in [2.45, 2.75) is 94.9 Å². The van der Waals surface area contributed by atoms with E-state index in [-0.39, 0.29) is 29.1 Å². The first kappa shape index (κ1) is 43.6. The number of halogens is 1. The smallest absolute Gasteiger partial charge is 0.329 e. The van der Waals surface area contributed by atoms with Crippen LogP contribution in [0.4, 0.5) is 11.6 Å². The Morgan fingerprint density at radius 2 is 1.80 bits per heavy atom. The summed E-state index contributed by atoms with van der Waals surface area (Å²) in [5, 5.41) is 18.0. The summed E-state index contributed by atoms with van der Waals surface area (Å²) in [5.41, 5.74) is 6.50. The molecule has 0 radical (unpaired) electrons. The van der Waals surface area contributed by atoms with Gasteiger partial charge in [-0.3, -0.25) is 9.78 Å². The maximum Gasteiger partial charge on any atom is 0.329 e. The number of ether oxygens (including phenoxy) is 2. The number of hydrogen-bond acceptors (Lipinski definition) is 9. The molecule has 3 heterocycles. The maximum atomic E-state index is 14.0. The van der Waals surface area contributed by atoms with Crippen LogP contribution in [0.3, 0.4) is 0 Å². The van der Waals surface area contributed by atoms with Crippen LogP contribution in [-0.2, 0) is 23.1 Å². The highest BCUT2D eigenvalue weighted by atomic mass is 35.5. The molecule has 1 spiro atoms. The SMILES string of the molecule is COc1ccccc1-c1ccnc(N2CCC(CNC(=O)c3ccc4c(c3)C3(CCC(Nc5cccc(Cl)c5)(C(=O)O)CC3)[C@@H](C[C@@H](C)COc3ccnc5c3[C@H](C)CCC5)C4)C2)n1. The number of carbonyl (C=O) groups excluding carboxylic acids is 1. The van der Waals surface area contributed by atoms with Crippen LogP contribution in [0, 0.1) is 17.8 Å². The van der Waals surface area contributed by atoms with Crippen LogP contribution in [0.5, 0.6) is 11.5 Å². The lowest BCUT2D eigenvalue weighted by molar-refractivity contribution is -0.144. The Morgan fingerprint density at radius 1 is 0.969 bits per heavy atom. The van der Waals surface area contributed by atoms with Crippen molar-refractivity contribution in [3.8, 4) is 22.8 Å². The molecule has 5 aromatic rings. The zero-order valence-corrected chi connectivity index (χ0v) is 37.9. The average molecular weight is 884 g/mol. The summed E-state index contributed by atoms with van der Waals surface area (Å²) in [4.78, 5) is 43.6. The molecule has 334 valence electrons. The van der Waals surface area contributed by atoms with Crippen LogP contribution in [0.1, 0.15) is 104 Å². The number of aryl methyl sites for hydroxylation is 1. The fourth-order valence-electron chi connectivity index (χ4n) is 11.3. The molecule has 1 saturated carbocycles. The number of carbonyl (C=O) groups is 2. The van der Waals surface area contributed by atoms with Crippen molar-refractivity contribution in [2.75, 3.05) is 43.6 Å². The number of nitrogens with one attached hydrogen (secondary N) is 2. The first-order valence-electron chi connectivity index (χ1n) is 23.0. The monoisotopic (exact) mass is 882 g/mol. The number of aliphatic carboxylic acids is 1. The largest absolute Gasteiger partial charge is 0.496 e. The van der Waals surface area contributed by atoms with Crippen molar-refractivity contribution in [1.82, 2.24) is 20.3 Å². The second kappa shape index (κ2) is 18.4. The van der Waals surface area contributed by atoms with Gasteiger partial charge < -0.3 is 30.1 Å². The van der Waals surface area contributed by atoms with Gasteiger partial charge in [0.15, 0.2) is 0 Å². The van der Waals surface area contributed by atoms with E-state index in [9.17, 15) is 14.7 Å². The predicted molar refractivity (Wildman–Crippen MR) is 251 cm³/mol. The standard InChI is InChI=1S/C52H59ClN6O5/c1-33(32-64-46-17-24-54-44-12-6-8-34(2)47(44)46)26-38-27-36-14-15-37(28-42(36)51(38)19-21-52(22-20-51,49(61)62)58-40-10-7-9-39(53)29-40)48(60)56-30-35-18-25-59(31-35)50-55-23-16-43(57-50)41-11-4-5-13-45(41)63-3/h4-5,7,9-11,13-17,23-24,28-29,33-35,38,58H,6,8,12,18-22,25-27,30-32H2,1-3H3,(H,56,60)(H,61,62)/t33-,34-,35?,38+,51?,52?/m1/s1. The summed E-state index contributed by atoms with van der Waals surface area (Å²) < 4.78 is 12.2. The Bertz CT molecular complexity index is 2510. The van der Waals surface area contributed by atoms with Gasteiger partial charge in [-0.05, 0) is 159 Å².